The van der Waals surface area contributed by atoms with Crippen molar-refractivity contribution in [2.75, 3.05) is 39.9 Å². The molecular formula is C10H18N2O4. The minimum atomic E-state index is -0.781. The first kappa shape index (κ1) is 12.9. The fourth-order valence-electron chi connectivity index (χ4n) is 1.56. The molecule has 0 radical (unpaired) electrons. The molecule has 0 aromatic carbocycles. The summed E-state index contributed by atoms with van der Waals surface area (Å²) in [6.07, 6.45) is 0.792. The van der Waals surface area contributed by atoms with Crippen LogP contribution in [0.4, 0.5) is 0 Å². The van der Waals surface area contributed by atoms with Gasteiger partial charge in [0.15, 0.2) is 0 Å². The highest BCUT2D eigenvalue weighted by atomic mass is 16.5. The molecule has 16 heavy (non-hydrogen) atoms. The van der Waals surface area contributed by atoms with E-state index in [2.05, 4.69) is 5.32 Å². The molecule has 0 aromatic rings. The Balaban J connectivity index is 2.01. The Morgan fingerprint density at radius 1 is 1.50 bits per heavy atom. The van der Waals surface area contributed by atoms with Crippen molar-refractivity contribution in [3.63, 3.8) is 0 Å². The van der Waals surface area contributed by atoms with Gasteiger partial charge in [-0.15, -0.1) is 0 Å². The molecular weight excluding hydrogens is 212 g/mol. The predicted molar refractivity (Wildman–Crippen MR) is 57.1 cm³/mol. The molecule has 92 valence electrons. The van der Waals surface area contributed by atoms with E-state index >= 15 is 0 Å². The van der Waals surface area contributed by atoms with Crippen LogP contribution in [0.3, 0.4) is 0 Å². The van der Waals surface area contributed by atoms with Crippen molar-refractivity contribution in [1.82, 2.24) is 10.2 Å². The highest BCUT2D eigenvalue weighted by Gasteiger charge is 2.33. The van der Waals surface area contributed by atoms with Gasteiger partial charge >= 0.3 is 5.97 Å². The van der Waals surface area contributed by atoms with E-state index in [0.29, 0.717) is 26.2 Å². The number of amides is 1. The number of nitrogens with one attached hydrogen (secondary N) is 1. The Morgan fingerprint density at radius 3 is 2.75 bits per heavy atom. The molecule has 2 N–H and O–H groups in total. The zero-order valence-corrected chi connectivity index (χ0v) is 9.44. The van der Waals surface area contributed by atoms with Crippen LogP contribution in [-0.4, -0.2) is 61.8 Å². The van der Waals surface area contributed by atoms with Crippen LogP contribution >= 0.6 is 0 Å². The highest BCUT2D eigenvalue weighted by molar-refractivity contribution is 5.78. The van der Waals surface area contributed by atoms with Gasteiger partial charge in [0, 0.05) is 33.4 Å². The predicted octanol–water partition coefficient (Wildman–Crippen LogP) is -0.844. The molecule has 0 aliphatic carbocycles. The summed E-state index contributed by atoms with van der Waals surface area (Å²) >= 11 is 0. The lowest BCUT2D eigenvalue weighted by atomic mass is 10.0. The average Bonchev–Trinajstić information content (AvgIpc) is 2.17. The zero-order valence-electron chi connectivity index (χ0n) is 9.44. The Labute approximate surface area is 94.6 Å². The lowest BCUT2D eigenvalue weighted by Crippen LogP contribution is -2.53. The maximum absolute atomic E-state index is 11.3. The molecule has 6 heteroatoms. The van der Waals surface area contributed by atoms with Crippen LogP contribution in [0, 0.1) is 5.92 Å². The molecule has 0 unspecified atom stereocenters. The largest absolute Gasteiger partial charge is 0.481 e. The summed E-state index contributed by atoms with van der Waals surface area (Å²) in [6, 6.07) is 0. The second-order valence-corrected chi connectivity index (χ2v) is 3.93. The Morgan fingerprint density at radius 2 is 2.19 bits per heavy atom. The highest BCUT2D eigenvalue weighted by Crippen LogP contribution is 2.14. The molecule has 6 nitrogen and oxygen atoms in total. The summed E-state index contributed by atoms with van der Waals surface area (Å²) < 4.78 is 4.85. The van der Waals surface area contributed by atoms with Crippen molar-refractivity contribution in [3.05, 3.63) is 0 Å². The van der Waals surface area contributed by atoms with E-state index in [1.807, 2.05) is 4.90 Å². The van der Waals surface area contributed by atoms with Gasteiger partial charge < -0.3 is 15.2 Å². The second-order valence-electron chi connectivity index (χ2n) is 3.93. The minimum absolute atomic E-state index is 0.0556. The van der Waals surface area contributed by atoms with Crippen molar-refractivity contribution in [2.45, 2.75) is 6.42 Å². The topological polar surface area (TPSA) is 78.9 Å². The molecule has 0 saturated carbocycles. The van der Waals surface area contributed by atoms with Crippen molar-refractivity contribution in [1.29, 1.82) is 0 Å². The summed E-state index contributed by atoms with van der Waals surface area (Å²) in [5, 5.41) is 11.4. The monoisotopic (exact) mass is 230 g/mol. The van der Waals surface area contributed by atoms with E-state index in [0.717, 1.165) is 6.42 Å². The van der Waals surface area contributed by atoms with E-state index in [4.69, 9.17) is 9.84 Å². The number of likely N-dealkylation sites (tertiary alicyclic amines) is 1. The molecule has 1 amide bonds. The SMILES string of the molecule is COCCCNC(=O)CN1CC(C(=O)O)C1. The lowest BCUT2D eigenvalue weighted by molar-refractivity contribution is -0.148. The quantitative estimate of drug-likeness (QED) is 0.557. The Hall–Kier alpha value is -1.14. The lowest BCUT2D eigenvalue weighted by Gasteiger charge is -2.35. The Kier molecular flexibility index (Phi) is 5.21. The van der Waals surface area contributed by atoms with Crippen LogP contribution in [0.1, 0.15) is 6.42 Å². The molecule has 1 aliphatic rings. The molecule has 1 fully saturated rings. The van der Waals surface area contributed by atoms with Gasteiger partial charge in [-0.2, -0.15) is 0 Å². The molecule has 0 atom stereocenters. The third kappa shape index (κ3) is 4.16. The van der Waals surface area contributed by atoms with Gasteiger partial charge in [0.05, 0.1) is 12.5 Å². The summed E-state index contributed by atoms with van der Waals surface area (Å²) in [5.41, 5.74) is 0. The number of aliphatic carboxylic acids is 1. The van der Waals surface area contributed by atoms with Crippen LogP contribution < -0.4 is 5.32 Å². The first-order chi connectivity index (χ1) is 7.63. The van der Waals surface area contributed by atoms with E-state index in [9.17, 15) is 9.59 Å². The van der Waals surface area contributed by atoms with Gasteiger partial charge in [0.2, 0.25) is 5.91 Å². The Bertz CT molecular complexity index is 251. The first-order valence-corrected chi connectivity index (χ1v) is 5.34. The maximum atomic E-state index is 11.3. The number of hydrogen-bond donors (Lipinski definition) is 2. The maximum Gasteiger partial charge on any atom is 0.309 e. The number of rotatable bonds is 7. The first-order valence-electron chi connectivity index (χ1n) is 5.34. The van der Waals surface area contributed by atoms with Gasteiger partial charge in [0.25, 0.3) is 0 Å². The number of methoxy groups -OCH3 is 1. The van der Waals surface area contributed by atoms with Crippen LogP contribution in [0.5, 0.6) is 0 Å². The molecule has 1 saturated heterocycles. The summed E-state index contributed by atoms with van der Waals surface area (Å²) in [7, 11) is 1.62. The number of ether oxygens (including phenoxy) is 1. The molecule has 0 bridgehead atoms. The molecule has 1 aliphatic heterocycles. The van der Waals surface area contributed by atoms with Crippen LogP contribution in [0.2, 0.25) is 0 Å². The minimum Gasteiger partial charge on any atom is -0.481 e. The van der Waals surface area contributed by atoms with Crippen LogP contribution in [0.25, 0.3) is 0 Å². The van der Waals surface area contributed by atoms with Gasteiger partial charge in [-0.3, -0.25) is 14.5 Å². The standard InChI is InChI=1S/C10H18N2O4/c1-16-4-2-3-11-9(13)7-12-5-8(6-12)10(14)15/h8H,2-7H2,1H3,(H,11,13)(H,14,15). The van der Waals surface area contributed by atoms with Crippen LogP contribution in [0.15, 0.2) is 0 Å². The number of hydrogen-bond acceptors (Lipinski definition) is 4. The number of nitrogens with zero attached hydrogens (tertiary/aromatic N) is 1. The number of carbonyl (C=O) groups is 2. The van der Waals surface area contributed by atoms with Gasteiger partial charge in [-0.25, -0.2) is 0 Å². The van der Waals surface area contributed by atoms with Crippen molar-refractivity contribution in [3.8, 4) is 0 Å². The van der Waals surface area contributed by atoms with E-state index in [1.165, 1.54) is 0 Å². The summed E-state index contributed by atoms with van der Waals surface area (Å²) in [5.74, 6) is -1.14. The van der Waals surface area contributed by atoms with E-state index in [1.54, 1.807) is 7.11 Å². The summed E-state index contributed by atoms with van der Waals surface area (Å²) in [6.45, 7) is 2.46. The summed E-state index contributed by atoms with van der Waals surface area (Å²) in [4.78, 5) is 23.7. The number of carboxylic acids is 1. The molecule has 1 heterocycles. The third-order valence-electron chi connectivity index (χ3n) is 2.52. The molecule has 0 aromatic heterocycles. The fourth-order valence-corrected chi connectivity index (χ4v) is 1.56. The molecule has 1 rings (SSSR count). The van der Waals surface area contributed by atoms with Crippen LogP contribution in [-0.2, 0) is 14.3 Å². The number of carboxylic acid groups (broad SMARTS) is 1. The number of carbonyl (C=O) groups excluding carboxylic acids is 1. The third-order valence-corrected chi connectivity index (χ3v) is 2.52. The second kappa shape index (κ2) is 6.44. The molecule has 0 spiro atoms. The van der Waals surface area contributed by atoms with E-state index in [-0.39, 0.29) is 18.4 Å². The smallest absolute Gasteiger partial charge is 0.309 e. The zero-order chi connectivity index (χ0) is 12.0. The van der Waals surface area contributed by atoms with Gasteiger partial charge in [-0.1, -0.05) is 0 Å². The van der Waals surface area contributed by atoms with E-state index < -0.39 is 5.97 Å². The van der Waals surface area contributed by atoms with Crippen molar-refractivity contribution < 1.29 is 19.4 Å². The fraction of sp³-hybridized carbons (Fsp3) is 0.800. The average molecular weight is 230 g/mol. The van der Waals surface area contributed by atoms with Crippen molar-refractivity contribution in [2.24, 2.45) is 5.92 Å². The normalized spacial score (nSPS) is 16.8. The van der Waals surface area contributed by atoms with Gasteiger partial charge in [-0.05, 0) is 6.42 Å². The van der Waals surface area contributed by atoms with Gasteiger partial charge in [0.1, 0.15) is 0 Å². The van der Waals surface area contributed by atoms with Crippen molar-refractivity contribution >= 4 is 11.9 Å².